The van der Waals surface area contributed by atoms with E-state index in [1.165, 1.54) is 18.3 Å². The molecule has 0 unspecified atom stereocenters. The van der Waals surface area contributed by atoms with Gasteiger partial charge in [-0.05, 0) is 18.2 Å². The third-order valence-electron chi connectivity index (χ3n) is 2.66. The zero-order valence-corrected chi connectivity index (χ0v) is 8.52. The zero-order valence-electron chi connectivity index (χ0n) is 8.52. The highest BCUT2D eigenvalue weighted by molar-refractivity contribution is 6.05. The molecule has 0 amide bonds. The fourth-order valence-electron chi connectivity index (χ4n) is 1.82. The second-order valence-corrected chi connectivity index (χ2v) is 3.66. The Morgan fingerprint density at radius 3 is 2.82 bits per heavy atom. The summed E-state index contributed by atoms with van der Waals surface area (Å²) in [5.41, 5.74) is 1.10. The highest BCUT2D eigenvalue weighted by atomic mass is 16.4. The number of rotatable bonds is 1. The Morgan fingerprint density at radius 1 is 1.24 bits per heavy atom. The number of H-pyrrole nitrogens is 2. The van der Waals surface area contributed by atoms with E-state index in [9.17, 15) is 9.59 Å². The van der Waals surface area contributed by atoms with Gasteiger partial charge in [0.05, 0.1) is 22.0 Å². The van der Waals surface area contributed by atoms with Crippen LogP contribution in [0, 0.1) is 0 Å². The Morgan fingerprint density at radius 2 is 2.06 bits per heavy atom. The highest BCUT2D eigenvalue weighted by Crippen LogP contribution is 2.20. The van der Waals surface area contributed by atoms with Crippen LogP contribution in [0.1, 0.15) is 10.4 Å². The Hall–Kier alpha value is -2.63. The molecule has 2 aromatic heterocycles. The third-order valence-corrected chi connectivity index (χ3v) is 2.66. The van der Waals surface area contributed by atoms with Crippen LogP contribution in [0.25, 0.3) is 21.8 Å². The van der Waals surface area contributed by atoms with Crippen LogP contribution in [0.2, 0.25) is 0 Å². The van der Waals surface area contributed by atoms with E-state index in [1.54, 1.807) is 6.07 Å². The van der Waals surface area contributed by atoms with Crippen LogP contribution in [-0.2, 0) is 0 Å². The Bertz CT molecular complexity index is 800. The van der Waals surface area contributed by atoms with Gasteiger partial charge in [0.25, 0.3) is 5.56 Å². The van der Waals surface area contributed by atoms with Crippen LogP contribution in [0.3, 0.4) is 0 Å². The van der Waals surface area contributed by atoms with Crippen molar-refractivity contribution in [2.24, 2.45) is 0 Å². The maximum absolute atomic E-state index is 11.4. The van der Waals surface area contributed by atoms with Crippen molar-refractivity contribution >= 4 is 27.8 Å². The van der Waals surface area contributed by atoms with Crippen molar-refractivity contribution in [2.45, 2.75) is 0 Å². The van der Waals surface area contributed by atoms with Gasteiger partial charge in [0.1, 0.15) is 0 Å². The van der Waals surface area contributed by atoms with E-state index in [1.807, 2.05) is 0 Å². The summed E-state index contributed by atoms with van der Waals surface area (Å²) in [5, 5.41) is 15.1. The summed E-state index contributed by atoms with van der Waals surface area (Å²) in [5.74, 6) is -1.01. The van der Waals surface area contributed by atoms with Gasteiger partial charge in [-0.25, -0.2) is 4.79 Å². The molecule has 3 rings (SSSR count). The summed E-state index contributed by atoms with van der Waals surface area (Å²) in [4.78, 5) is 26.4. The van der Waals surface area contributed by atoms with Crippen molar-refractivity contribution < 1.29 is 9.90 Å². The van der Waals surface area contributed by atoms with Crippen molar-refractivity contribution in [3.8, 4) is 0 Å². The maximum atomic E-state index is 11.4. The molecular formula is C11H7N3O3. The normalized spacial score (nSPS) is 11.1. The summed E-state index contributed by atoms with van der Waals surface area (Å²) < 4.78 is 0. The van der Waals surface area contributed by atoms with Crippen LogP contribution in [-0.4, -0.2) is 26.3 Å². The summed E-state index contributed by atoms with van der Waals surface area (Å²) in [6.45, 7) is 0. The Balaban J connectivity index is 2.50. The van der Waals surface area contributed by atoms with Crippen LogP contribution in [0.5, 0.6) is 0 Å². The standard InChI is InChI=1S/C11H7N3O3/c15-10-7-4-12-8-2-1-5(11(16)17)3-6(8)9(7)13-14-10/h1-4H,(H,16,17)(H2,13,14,15). The molecule has 17 heavy (non-hydrogen) atoms. The predicted molar refractivity (Wildman–Crippen MR) is 61.2 cm³/mol. The number of nitrogens with zero attached hydrogens (tertiary/aromatic N) is 1. The molecule has 3 aromatic rings. The zero-order chi connectivity index (χ0) is 12.0. The minimum absolute atomic E-state index is 0.161. The first-order valence-electron chi connectivity index (χ1n) is 4.89. The van der Waals surface area contributed by atoms with Gasteiger partial charge in [-0.2, -0.15) is 0 Å². The van der Waals surface area contributed by atoms with Gasteiger partial charge in [-0.1, -0.05) is 0 Å². The summed E-state index contributed by atoms with van der Waals surface area (Å²) in [6.07, 6.45) is 1.47. The van der Waals surface area contributed by atoms with Crippen molar-refractivity contribution in [1.82, 2.24) is 15.2 Å². The van der Waals surface area contributed by atoms with E-state index in [0.29, 0.717) is 21.8 Å². The van der Waals surface area contributed by atoms with Gasteiger partial charge in [-0.15, -0.1) is 0 Å². The molecule has 1 aromatic carbocycles. The quantitative estimate of drug-likeness (QED) is 0.581. The first-order chi connectivity index (χ1) is 8.16. The largest absolute Gasteiger partial charge is 0.478 e. The summed E-state index contributed by atoms with van der Waals surface area (Å²) >= 11 is 0. The Labute approximate surface area is 93.9 Å². The SMILES string of the molecule is O=C(O)c1ccc2ncc3c(=O)[nH][nH]c3c2c1. The fourth-order valence-corrected chi connectivity index (χ4v) is 1.82. The molecule has 0 bridgehead atoms. The number of carboxylic acids is 1. The lowest BCUT2D eigenvalue weighted by atomic mass is 10.1. The van der Waals surface area contributed by atoms with Crippen LogP contribution in [0.15, 0.2) is 29.2 Å². The topological polar surface area (TPSA) is 98.8 Å². The van der Waals surface area contributed by atoms with Gasteiger partial charge in [-0.3, -0.25) is 20.0 Å². The van der Waals surface area contributed by atoms with Crippen LogP contribution < -0.4 is 5.56 Å². The number of carboxylic acid groups (broad SMARTS) is 1. The van der Waals surface area contributed by atoms with Crippen LogP contribution >= 0.6 is 0 Å². The number of carbonyl (C=O) groups is 1. The molecule has 0 radical (unpaired) electrons. The van der Waals surface area contributed by atoms with E-state index in [2.05, 4.69) is 15.2 Å². The van der Waals surface area contributed by atoms with Crippen molar-refractivity contribution in [3.05, 3.63) is 40.3 Å². The van der Waals surface area contributed by atoms with Gasteiger partial charge in [0, 0.05) is 11.6 Å². The highest BCUT2D eigenvalue weighted by Gasteiger charge is 2.09. The van der Waals surface area contributed by atoms with Crippen molar-refractivity contribution in [3.63, 3.8) is 0 Å². The van der Waals surface area contributed by atoms with Gasteiger partial charge in [0.2, 0.25) is 0 Å². The number of aromatic nitrogens is 3. The molecule has 6 heteroatoms. The number of aromatic carboxylic acids is 1. The second kappa shape index (κ2) is 3.18. The number of fused-ring (bicyclic) bond motifs is 3. The lowest BCUT2D eigenvalue weighted by Gasteiger charge is -1.99. The lowest BCUT2D eigenvalue weighted by molar-refractivity contribution is 0.0697. The first kappa shape index (κ1) is 9.59. The third kappa shape index (κ3) is 1.31. The van der Waals surface area contributed by atoms with Gasteiger partial charge >= 0.3 is 5.97 Å². The Kier molecular flexibility index (Phi) is 1.79. The number of nitrogens with one attached hydrogen (secondary N) is 2. The van der Waals surface area contributed by atoms with E-state index >= 15 is 0 Å². The summed E-state index contributed by atoms with van der Waals surface area (Å²) in [7, 11) is 0. The molecule has 0 aliphatic carbocycles. The number of hydrogen-bond acceptors (Lipinski definition) is 3. The molecule has 0 atom stereocenters. The molecule has 6 nitrogen and oxygen atoms in total. The molecule has 0 aliphatic rings. The van der Waals surface area contributed by atoms with Gasteiger partial charge in [0.15, 0.2) is 0 Å². The molecule has 0 saturated heterocycles. The number of pyridine rings is 1. The smallest absolute Gasteiger partial charge is 0.335 e. The van der Waals surface area contributed by atoms with E-state index < -0.39 is 5.97 Å². The summed E-state index contributed by atoms with van der Waals surface area (Å²) in [6, 6.07) is 4.59. The first-order valence-corrected chi connectivity index (χ1v) is 4.89. The van der Waals surface area contributed by atoms with Gasteiger partial charge < -0.3 is 5.11 Å². The van der Waals surface area contributed by atoms with Crippen molar-refractivity contribution in [2.75, 3.05) is 0 Å². The molecular weight excluding hydrogens is 222 g/mol. The van der Waals surface area contributed by atoms with Crippen LogP contribution in [0.4, 0.5) is 0 Å². The van der Waals surface area contributed by atoms with E-state index in [-0.39, 0.29) is 11.1 Å². The minimum Gasteiger partial charge on any atom is -0.478 e. The molecule has 2 heterocycles. The maximum Gasteiger partial charge on any atom is 0.335 e. The number of benzene rings is 1. The molecule has 0 aliphatic heterocycles. The molecule has 0 fully saturated rings. The fraction of sp³-hybridized carbons (Fsp3) is 0. The van der Waals surface area contributed by atoms with E-state index in [4.69, 9.17) is 5.11 Å². The monoisotopic (exact) mass is 229 g/mol. The minimum atomic E-state index is -1.01. The number of hydrogen-bond donors (Lipinski definition) is 3. The second-order valence-electron chi connectivity index (χ2n) is 3.66. The molecule has 3 N–H and O–H groups in total. The number of aromatic amines is 2. The lowest BCUT2D eigenvalue weighted by Crippen LogP contribution is -1.98. The van der Waals surface area contributed by atoms with Crippen molar-refractivity contribution in [1.29, 1.82) is 0 Å². The predicted octanol–water partition coefficient (Wildman–Crippen LogP) is 1.10. The molecule has 0 saturated carbocycles. The average molecular weight is 229 g/mol. The molecule has 84 valence electrons. The molecule has 0 spiro atoms. The average Bonchev–Trinajstić information content (AvgIpc) is 2.71. The van der Waals surface area contributed by atoms with E-state index in [0.717, 1.165) is 0 Å².